The van der Waals surface area contributed by atoms with Crippen LogP contribution in [0.5, 0.6) is 5.75 Å². The van der Waals surface area contributed by atoms with Crippen molar-refractivity contribution in [1.82, 2.24) is 0 Å². The van der Waals surface area contributed by atoms with Crippen molar-refractivity contribution in [2.45, 2.75) is 152 Å². The molecule has 5 rings (SSSR count). The Morgan fingerprint density at radius 3 is 2.21 bits per heavy atom. The van der Waals surface area contributed by atoms with E-state index in [1.165, 1.54) is 11.1 Å². The SMILES string of the molecule is C=CCC(F)(C(F)(F)CCC(CCCCCCCCC[C@@H]1Cc2cc(O)ccc2C2CCC3(C)C(CC(=O)C34CC4)C21)C(=O)OC)C(F)(F)C(F)(F)F. The van der Waals surface area contributed by atoms with E-state index in [9.17, 15) is 49.8 Å². The second-order valence-corrected chi connectivity index (χ2v) is 16.7. The lowest BCUT2D eigenvalue weighted by Gasteiger charge is -2.53. The molecule has 6 unspecified atom stereocenters. The number of fused-ring (bicyclic) bond motifs is 6. The van der Waals surface area contributed by atoms with Gasteiger partial charge in [-0.3, -0.25) is 9.59 Å². The number of phenolic OH excluding ortho intramolecular Hbond substituents is 1. The Morgan fingerprint density at radius 2 is 1.60 bits per heavy atom. The van der Waals surface area contributed by atoms with Gasteiger partial charge in [-0.25, -0.2) is 13.2 Å². The van der Waals surface area contributed by atoms with Gasteiger partial charge in [0.05, 0.1) is 13.0 Å². The maximum atomic E-state index is 15.0. The van der Waals surface area contributed by atoms with Crippen molar-refractivity contribution in [2.24, 2.45) is 34.5 Å². The molecular weight excluding hydrogens is 708 g/mol. The lowest BCUT2D eigenvalue weighted by Crippen LogP contribution is -2.63. The molecule has 4 aliphatic rings. The quantitative estimate of drug-likeness (QED) is 0.0700. The highest BCUT2D eigenvalue weighted by atomic mass is 19.4. The molecule has 1 spiro atoms. The van der Waals surface area contributed by atoms with Gasteiger partial charge in [0.25, 0.3) is 5.92 Å². The summed E-state index contributed by atoms with van der Waals surface area (Å²) >= 11 is 0. The minimum atomic E-state index is -6.56. The molecule has 3 fully saturated rings. The first-order valence-corrected chi connectivity index (χ1v) is 19.4. The fourth-order valence-electron chi connectivity index (χ4n) is 10.8. The Balaban J connectivity index is 1.08. The zero-order valence-electron chi connectivity index (χ0n) is 30.8. The first-order chi connectivity index (χ1) is 24.8. The van der Waals surface area contributed by atoms with Gasteiger partial charge in [0.2, 0.25) is 5.67 Å². The minimum absolute atomic E-state index is 0.0459. The number of carbonyl (C=O) groups excluding carboxylic acids is 2. The molecule has 0 aromatic heterocycles. The van der Waals surface area contributed by atoms with Gasteiger partial charge in [0.1, 0.15) is 11.5 Å². The van der Waals surface area contributed by atoms with Crippen molar-refractivity contribution in [3.8, 4) is 5.75 Å². The Hall–Kier alpha value is -2.66. The monoisotopic (exact) mass is 762 g/mol. The maximum absolute atomic E-state index is 15.0. The van der Waals surface area contributed by atoms with Crippen LogP contribution in [0.15, 0.2) is 30.9 Å². The molecule has 4 nitrogen and oxygen atoms in total. The number of aromatic hydroxyl groups is 1. The summed E-state index contributed by atoms with van der Waals surface area (Å²) in [6.45, 7) is 5.25. The smallest absolute Gasteiger partial charge is 0.457 e. The van der Waals surface area contributed by atoms with Crippen LogP contribution in [-0.4, -0.2) is 47.7 Å². The normalized spacial score (nSPS) is 28.1. The number of benzene rings is 1. The molecule has 3 saturated carbocycles. The summed E-state index contributed by atoms with van der Waals surface area (Å²) in [7, 11) is 1.02. The van der Waals surface area contributed by atoms with E-state index in [2.05, 4.69) is 24.3 Å². The van der Waals surface area contributed by atoms with Crippen molar-refractivity contribution in [3.05, 3.63) is 42.0 Å². The van der Waals surface area contributed by atoms with Gasteiger partial charge in [0, 0.05) is 24.7 Å². The summed E-state index contributed by atoms with van der Waals surface area (Å²) < 4.78 is 116. The van der Waals surface area contributed by atoms with Crippen LogP contribution in [-0.2, 0) is 20.7 Å². The Morgan fingerprint density at radius 1 is 0.962 bits per heavy atom. The summed E-state index contributed by atoms with van der Waals surface area (Å²) in [6, 6.07) is 5.79. The van der Waals surface area contributed by atoms with Crippen LogP contribution in [0.4, 0.5) is 35.1 Å². The molecule has 0 heterocycles. The van der Waals surface area contributed by atoms with E-state index >= 15 is 0 Å². The average Bonchev–Trinajstić information content (AvgIpc) is 3.88. The molecular formula is C41H54F8O4. The number of hydrogen-bond acceptors (Lipinski definition) is 4. The maximum Gasteiger partial charge on any atom is 0.457 e. The number of allylic oxidation sites excluding steroid dienone is 1. The van der Waals surface area contributed by atoms with Gasteiger partial charge in [0.15, 0.2) is 0 Å². The largest absolute Gasteiger partial charge is 0.508 e. The molecule has 0 saturated heterocycles. The zero-order chi connectivity index (χ0) is 39.0. The van der Waals surface area contributed by atoms with Crippen molar-refractivity contribution >= 4 is 11.8 Å². The fourth-order valence-corrected chi connectivity index (χ4v) is 10.8. The number of carbonyl (C=O) groups is 2. The summed E-state index contributed by atoms with van der Waals surface area (Å²) in [5, 5.41) is 10.3. The topological polar surface area (TPSA) is 63.6 Å². The van der Waals surface area contributed by atoms with Crippen LogP contribution < -0.4 is 0 Å². The molecule has 1 aromatic carbocycles. The van der Waals surface area contributed by atoms with Crippen LogP contribution in [0.1, 0.15) is 133 Å². The van der Waals surface area contributed by atoms with Crippen LogP contribution in [0, 0.1) is 34.5 Å². The summed E-state index contributed by atoms with van der Waals surface area (Å²) in [4.78, 5) is 25.6. The number of esters is 1. The van der Waals surface area contributed by atoms with Gasteiger partial charge in [-0.15, -0.1) is 6.58 Å². The number of hydrogen-bond donors (Lipinski definition) is 1. The number of Topliss-reactive ketones (excluding diaryl/α,β-unsaturated/α-hetero) is 1. The molecule has 1 aromatic rings. The van der Waals surface area contributed by atoms with Gasteiger partial charge >= 0.3 is 18.1 Å². The van der Waals surface area contributed by atoms with Gasteiger partial charge in [-0.1, -0.05) is 64.0 Å². The number of rotatable bonds is 18. The van der Waals surface area contributed by atoms with E-state index in [0.717, 1.165) is 77.7 Å². The highest BCUT2D eigenvalue weighted by Crippen LogP contribution is 2.75. The fraction of sp³-hybridized carbons (Fsp3) is 0.756. The molecule has 0 amide bonds. The van der Waals surface area contributed by atoms with Gasteiger partial charge in [-0.2, -0.15) is 22.0 Å². The van der Waals surface area contributed by atoms with Gasteiger partial charge < -0.3 is 9.84 Å². The number of methoxy groups -OCH3 is 1. The van der Waals surface area contributed by atoms with Crippen molar-refractivity contribution < 1.29 is 54.6 Å². The molecule has 53 heavy (non-hydrogen) atoms. The van der Waals surface area contributed by atoms with Crippen molar-refractivity contribution in [2.75, 3.05) is 7.11 Å². The van der Waals surface area contributed by atoms with E-state index in [1.54, 1.807) is 6.07 Å². The Bertz CT molecular complexity index is 1490. The van der Waals surface area contributed by atoms with Crippen molar-refractivity contribution in [3.63, 3.8) is 0 Å². The summed E-state index contributed by atoms with van der Waals surface area (Å²) in [6.07, 6.45) is 1.83. The Kier molecular flexibility index (Phi) is 12.1. The van der Waals surface area contributed by atoms with Crippen LogP contribution in [0.3, 0.4) is 0 Å². The lowest BCUT2D eigenvalue weighted by molar-refractivity contribution is -0.361. The van der Waals surface area contributed by atoms with Crippen LogP contribution in [0.2, 0.25) is 0 Å². The third-order valence-corrected chi connectivity index (χ3v) is 13.9. The number of alkyl halides is 8. The first kappa shape index (κ1) is 41.5. The standard InChI is InChI=1S/C41H54F8O4/c1-4-18-38(42,40(45,46)41(47,48)49)39(43,44)20-16-26(35(52)53-3)12-10-8-6-5-7-9-11-13-27-23-28-24-29(50)14-15-30(28)31-17-19-36(2)32(34(27)31)25-33(51)37(36)21-22-37/h4,14-15,24,26-27,31-32,34,50H,1,5-13,16-23,25H2,2-3H3/t26?,27-,31?,32?,34?,36?,38?/m1/s1. The first-order valence-electron chi connectivity index (χ1n) is 19.4. The van der Waals surface area contributed by atoms with E-state index in [0.29, 0.717) is 48.7 Å². The molecule has 0 radical (unpaired) electrons. The third kappa shape index (κ3) is 7.51. The predicted octanol–water partition coefficient (Wildman–Crippen LogP) is 11.6. The van der Waals surface area contributed by atoms with Crippen LogP contribution in [0.25, 0.3) is 0 Å². The number of ketones is 1. The van der Waals surface area contributed by atoms with Gasteiger partial charge in [-0.05, 0) is 104 Å². The number of unbranched alkanes of at least 4 members (excludes halogenated alkanes) is 6. The van der Waals surface area contributed by atoms with E-state index in [4.69, 9.17) is 0 Å². The molecule has 4 aliphatic carbocycles. The van der Waals surface area contributed by atoms with E-state index in [1.807, 2.05) is 6.07 Å². The number of phenols is 1. The molecule has 0 bridgehead atoms. The van der Waals surface area contributed by atoms with E-state index < -0.39 is 54.8 Å². The molecule has 1 N–H and O–H groups in total. The molecule has 298 valence electrons. The second kappa shape index (κ2) is 15.5. The van der Waals surface area contributed by atoms with E-state index in [-0.39, 0.29) is 29.1 Å². The number of ether oxygens (including phenoxy) is 1. The second-order valence-electron chi connectivity index (χ2n) is 16.7. The summed E-state index contributed by atoms with van der Waals surface area (Å²) in [5.41, 5.74) is -2.75. The molecule has 0 aliphatic heterocycles. The minimum Gasteiger partial charge on any atom is -0.508 e. The summed E-state index contributed by atoms with van der Waals surface area (Å²) in [5.74, 6) is -11.2. The third-order valence-electron chi connectivity index (χ3n) is 13.9. The Labute approximate surface area is 307 Å². The highest BCUT2D eigenvalue weighted by Gasteiger charge is 2.79. The zero-order valence-corrected chi connectivity index (χ0v) is 30.8. The molecule has 12 heteroatoms. The molecule has 7 atom stereocenters. The highest BCUT2D eigenvalue weighted by molar-refractivity contribution is 5.91. The van der Waals surface area contributed by atoms with Crippen LogP contribution >= 0.6 is 0 Å². The number of halogens is 8. The van der Waals surface area contributed by atoms with Crippen molar-refractivity contribution in [1.29, 1.82) is 0 Å². The average molecular weight is 763 g/mol. The predicted molar refractivity (Wildman–Crippen MR) is 185 cm³/mol. The lowest BCUT2D eigenvalue weighted by atomic mass is 9.50.